The van der Waals surface area contributed by atoms with Crippen LogP contribution in [0.2, 0.25) is 5.02 Å². The number of benzene rings is 1. The van der Waals surface area contributed by atoms with E-state index in [-0.39, 0.29) is 5.91 Å². The number of carbonyl (C=O) groups excluding carboxylic acids is 1. The minimum atomic E-state index is -0.109. The Morgan fingerprint density at radius 3 is 2.56 bits per heavy atom. The molecule has 0 aliphatic rings. The summed E-state index contributed by atoms with van der Waals surface area (Å²) in [6.45, 7) is 0.432. The van der Waals surface area contributed by atoms with Gasteiger partial charge in [0.15, 0.2) is 0 Å². The lowest BCUT2D eigenvalue weighted by Gasteiger charge is -2.06. The van der Waals surface area contributed by atoms with Crippen LogP contribution >= 0.6 is 72.7 Å². The van der Waals surface area contributed by atoms with Crippen LogP contribution in [0.15, 0.2) is 30.3 Å². The van der Waals surface area contributed by atoms with Crippen molar-refractivity contribution in [2.24, 2.45) is 0 Å². The zero-order chi connectivity index (χ0) is 12.1. The molecule has 1 aromatic rings. The zero-order valence-corrected chi connectivity index (χ0v) is 14.6. The first-order valence-corrected chi connectivity index (χ1v) is 7.57. The molecule has 0 radical (unpaired) electrons. The van der Waals surface area contributed by atoms with E-state index >= 15 is 0 Å². The Bertz CT molecular complexity index is 433. The molecule has 0 aliphatic heterocycles. The molecule has 0 bridgehead atoms. The third kappa shape index (κ3) is 4.50. The monoisotopic (exact) mass is 525 g/mol. The Morgan fingerprint density at radius 1 is 1.38 bits per heavy atom. The average Bonchev–Trinajstić information content (AvgIpc) is 2.26. The van der Waals surface area contributed by atoms with Crippen molar-refractivity contribution in [1.29, 1.82) is 0 Å². The van der Waals surface area contributed by atoms with Gasteiger partial charge in [0.1, 0.15) is 0 Å². The molecule has 1 aromatic carbocycles. The van der Waals surface area contributed by atoms with Gasteiger partial charge in [0.25, 0.3) is 5.91 Å². The average molecular weight is 526 g/mol. The third-order valence-corrected chi connectivity index (χ3v) is 5.87. The summed E-state index contributed by atoms with van der Waals surface area (Å²) in [5, 5.41) is 3.46. The first kappa shape index (κ1) is 14.7. The van der Waals surface area contributed by atoms with E-state index in [0.29, 0.717) is 15.1 Å². The first-order chi connectivity index (χ1) is 7.52. The molecule has 0 spiro atoms. The van der Waals surface area contributed by atoms with Gasteiger partial charge in [0.05, 0.1) is 6.07 Å². The maximum atomic E-state index is 11.6. The topological polar surface area (TPSA) is 29.1 Å². The lowest BCUT2D eigenvalue weighted by molar-refractivity contribution is -0.116. The Kier molecular flexibility index (Phi) is 6.60. The minimum absolute atomic E-state index is 0.109. The normalized spacial score (nSPS) is 12.0. The Morgan fingerprint density at radius 2 is 2.00 bits per heavy atom. The van der Waals surface area contributed by atoms with Gasteiger partial charge < -0.3 is 5.32 Å². The predicted molar refractivity (Wildman–Crippen MR) is 87.3 cm³/mol. The molecule has 6 heteroatoms. The highest BCUT2D eigenvalue weighted by atomic mass is 127. The summed E-state index contributed by atoms with van der Waals surface area (Å²) in [7, 11) is 0. The SMILES string of the molecule is O=C(NCc1ccccc1Cl)/C(I)=C(/Br)I. The molecule has 1 amide bonds. The lowest BCUT2D eigenvalue weighted by Crippen LogP contribution is -2.22. The van der Waals surface area contributed by atoms with E-state index in [1.165, 1.54) is 0 Å². The first-order valence-electron chi connectivity index (χ1n) is 4.24. The van der Waals surface area contributed by atoms with Crippen LogP contribution in [0.1, 0.15) is 5.56 Å². The number of halogens is 4. The zero-order valence-electron chi connectivity index (χ0n) is 7.94. The fraction of sp³-hybridized carbons (Fsp3) is 0.100. The van der Waals surface area contributed by atoms with Gasteiger partial charge in [-0.05, 0) is 72.7 Å². The van der Waals surface area contributed by atoms with Crippen LogP contribution in [0.5, 0.6) is 0 Å². The van der Waals surface area contributed by atoms with Crippen LogP contribution in [-0.2, 0) is 11.3 Å². The maximum absolute atomic E-state index is 11.6. The van der Waals surface area contributed by atoms with Crippen LogP contribution in [0.25, 0.3) is 0 Å². The van der Waals surface area contributed by atoms with E-state index in [4.69, 9.17) is 11.6 Å². The molecule has 0 saturated carbocycles. The van der Waals surface area contributed by atoms with Crippen LogP contribution < -0.4 is 5.32 Å². The summed E-state index contributed by atoms with van der Waals surface area (Å²) in [6.07, 6.45) is 0. The molecule has 2 nitrogen and oxygen atoms in total. The van der Waals surface area contributed by atoms with Crippen molar-refractivity contribution in [1.82, 2.24) is 5.32 Å². The van der Waals surface area contributed by atoms with Gasteiger partial charge in [-0.25, -0.2) is 0 Å². The van der Waals surface area contributed by atoms with Crippen molar-refractivity contribution < 1.29 is 4.79 Å². The van der Waals surface area contributed by atoms with E-state index in [1.807, 2.05) is 63.4 Å². The van der Waals surface area contributed by atoms with Crippen LogP contribution in [0.4, 0.5) is 0 Å². The molecular weight excluding hydrogens is 519 g/mol. The molecule has 0 fully saturated rings. The van der Waals surface area contributed by atoms with Crippen molar-refractivity contribution in [3.63, 3.8) is 0 Å². The van der Waals surface area contributed by atoms with Crippen molar-refractivity contribution in [2.75, 3.05) is 0 Å². The molecule has 86 valence electrons. The maximum Gasteiger partial charge on any atom is 0.259 e. The number of carbonyl (C=O) groups is 1. The van der Waals surface area contributed by atoms with Gasteiger partial charge >= 0.3 is 0 Å². The van der Waals surface area contributed by atoms with Gasteiger partial charge in [-0.3, -0.25) is 4.79 Å². The van der Waals surface area contributed by atoms with Gasteiger partial charge in [-0.15, -0.1) is 0 Å². The molecule has 1 rings (SSSR count). The highest BCUT2D eigenvalue weighted by molar-refractivity contribution is 14.1. The second-order valence-corrected chi connectivity index (χ2v) is 7.69. The number of amides is 1. The Labute approximate surface area is 135 Å². The second kappa shape index (κ2) is 7.17. The molecule has 0 unspecified atom stereocenters. The molecule has 0 aliphatic carbocycles. The minimum Gasteiger partial charge on any atom is -0.347 e. The van der Waals surface area contributed by atoms with Gasteiger partial charge in [-0.2, -0.15) is 0 Å². The summed E-state index contributed by atoms with van der Waals surface area (Å²) in [5.74, 6) is -0.109. The summed E-state index contributed by atoms with van der Waals surface area (Å²) in [5.41, 5.74) is 0.909. The van der Waals surface area contributed by atoms with E-state index < -0.39 is 0 Å². The van der Waals surface area contributed by atoms with Gasteiger partial charge in [-0.1, -0.05) is 29.8 Å². The lowest BCUT2D eigenvalue weighted by atomic mass is 10.2. The number of hydrogen-bond acceptors (Lipinski definition) is 1. The Balaban J connectivity index is 2.63. The van der Waals surface area contributed by atoms with Crippen molar-refractivity contribution in [2.45, 2.75) is 6.54 Å². The van der Waals surface area contributed by atoms with Crippen molar-refractivity contribution in [3.05, 3.63) is 40.9 Å². The quantitative estimate of drug-likeness (QED) is 0.460. The molecule has 1 N–H and O–H groups in total. The molecule has 0 heterocycles. The highest BCUT2D eigenvalue weighted by Gasteiger charge is 2.09. The molecular formula is C10H7BrClI2NO. The van der Waals surface area contributed by atoms with E-state index in [2.05, 4.69) is 21.2 Å². The van der Waals surface area contributed by atoms with E-state index in [1.54, 1.807) is 6.07 Å². The predicted octanol–water partition coefficient (Wildman–Crippen LogP) is 4.39. The molecule has 0 saturated heterocycles. The number of nitrogens with one attached hydrogen (secondary N) is 1. The van der Waals surface area contributed by atoms with Crippen molar-refractivity contribution >= 4 is 78.6 Å². The Hall–Kier alpha value is 0.660. The van der Waals surface area contributed by atoms with Crippen LogP contribution in [0, 0.1) is 0 Å². The van der Waals surface area contributed by atoms with Gasteiger partial charge in [0, 0.05) is 11.6 Å². The summed E-state index contributed by atoms with van der Waals surface area (Å²) >= 11 is 13.3. The highest BCUT2D eigenvalue weighted by Crippen LogP contribution is 2.24. The summed E-state index contributed by atoms with van der Waals surface area (Å²) in [6, 6.07) is 7.44. The van der Waals surface area contributed by atoms with Crippen LogP contribution in [-0.4, -0.2) is 5.91 Å². The van der Waals surface area contributed by atoms with E-state index in [9.17, 15) is 4.79 Å². The summed E-state index contributed by atoms with van der Waals surface area (Å²) in [4.78, 5) is 11.6. The fourth-order valence-electron chi connectivity index (χ4n) is 0.981. The smallest absolute Gasteiger partial charge is 0.259 e. The van der Waals surface area contributed by atoms with Crippen LogP contribution in [0.3, 0.4) is 0 Å². The standard InChI is InChI=1S/C10H7BrClI2NO/c11-9(14)8(13)10(16)15-5-6-3-1-2-4-7(6)12/h1-4H,5H2,(H,15,16)/b9-8+. The van der Waals surface area contributed by atoms with Gasteiger partial charge in [0.2, 0.25) is 0 Å². The largest absolute Gasteiger partial charge is 0.347 e. The summed E-state index contributed by atoms with van der Waals surface area (Å²) < 4.78 is 1.42. The fourth-order valence-corrected chi connectivity index (χ4v) is 1.80. The van der Waals surface area contributed by atoms with E-state index in [0.717, 1.165) is 8.05 Å². The third-order valence-electron chi connectivity index (χ3n) is 1.76. The molecule has 0 aromatic heterocycles. The second-order valence-electron chi connectivity index (χ2n) is 2.85. The number of hydrogen-bond donors (Lipinski definition) is 1. The molecule has 0 atom stereocenters. The number of rotatable bonds is 3. The molecule has 16 heavy (non-hydrogen) atoms. The van der Waals surface area contributed by atoms with Crippen molar-refractivity contribution in [3.8, 4) is 0 Å².